The Balaban J connectivity index is 2.20. The lowest BCUT2D eigenvalue weighted by Gasteiger charge is -2.12. The summed E-state index contributed by atoms with van der Waals surface area (Å²) in [7, 11) is 0. The van der Waals surface area contributed by atoms with Crippen molar-refractivity contribution in [1.29, 1.82) is 0 Å². The minimum absolute atomic E-state index is 0.105. The molecular formula is C13H15NO5. The fraction of sp³-hybridized carbons (Fsp3) is 0.462. The molecule has 1 aromatic carbocycles. The van der Waals surface area contributed by atoms with Crippen LogP contribution < -0.4 is 0 Å². The SMILES string of the molecule is O=C(O)c1c(COC2CCCC2)cccc1[N+](=O)[O-]. The van der Waals surface area contributed by atoms with E-state index in [9.17, 15) is 14.9 Å². The molecule has 1 aliphatic rings. The molecule has 0 unspecified atom stereocenters. The number of nitrogens with zero attached hydrogens (tertiary/aromatic N) is 1. The number of hydrogen-bond donors (Lipinski definition) is 1. The van der Waals surface area contributed by atoms with Gasteiger partial charge >= 0.3 is 5.97 Å². The van der Waals surface area contributed by atoms with Crippen molar-refractivity contribution in [1.82, 2.24) is 0 Å². The first-order chi connectivity index (χ1) is 9.09. The van der Waals surface area contributed by atoms with Crippen LogP contribution in [0.25, 0.3) is 0 Å². The molecule has 0 saturated heterocycles. The summed E-state index contributed by atoms with van der Waals surface area (Å²) in [6.45, 7) is 0.105. The molecule has 1 N–H and O–H groups in total. The second kappa shape index (κ2) is 5.79. The summed E-state index contributed by atoms with van der Waals surface area (Å²) in [6.07, 6.45) is 4.31. The fourth-order valence-electron chi connectivity index (χ4n) is 2.37. The van der Waals surface area contributed by atoms with Gasteiger partial charge in [0.25, 0.3) is 5.69 Å². The van der Waals surface area contributed by atoms with Crippen LogP contribution in [0.1, 0.15) is 41.6 Å². The maximum Gasteiger partial charge on any atom is 0.343 e. The van der Waals surface area contributed by atoms with Gasteiger partial charge in [0.15, 0.2) is 0 Å². The summed E-state index contributed by atoms with van der Waals surface area (Å²) < 4.78 is 5.63. The molecule has 6 heteroatoms. The highest BCUT2D eigenvalue weighted by Gasteiger charge is 2.24. The van der Waals surface area contributed by atoms with Crippen LogP contribution in [0.3, 0.4) is 0 Å². The predicted octanol–water partition coefficient (Wildman–Crippen LogP) is 2.75. The molecule has 0 heterocycles. The molecule has 0 aromatic heterocycles. The molecule has 102 valence electrons. The number of rotatable bonds is 5. The van der Waals surface area contributed by atoms with E-state index in [4.69, 9.17) is 9.84 Å². The average molecular weight is 265 g/mol. The van der Waals surface area contributed by atoms with Gasteiger partial charge in [0.1, 0.15) is 5.56 Å². The third-order valence-electron chi connectivity index (χ3n) is 3.32. The molecule has 0 amide bonds. The Morgan fingerprint density at radius 3 is 2.68 bits per heavy atom. The second-order valence-corrected chi connectivity index (χ2v) is 4.59. The molecule has 0 spiro atoms. The Bertz CT molecular complexity index is 494. The van der Waals surface area contributed by atoms with Crippen LogP contribution in [0.2, 0.25) is 0 Å². The molecule has 2 rings (SSSR count). The number of benzene rings is 1. The van der Waals surface area contributed by atoms with Gasteiger partial charge in [0.2, 0.25) is 0 Å². The van der Waals surface area contributed by atoms with Gasteiger partial charge in [-0.1, -0.05) is 25.0 Å². The van der Waals surface area contributed by atoms with E-state index in [1.54, 1.807) is 6.07 Å². The second-order valence-electron chi connectivity index (χ2n) is 4.59. The lowest BCUT2D eigenvalue weighted by molar-refractivity contribution is -0.385. The van der Waals surface area contributed by atoms with E-state index in [1.807, 2.05) is 0 Å². The molecule has 6 nitrogen and oxygen atoms in total. The lowest BCUT2D eigenvalue weighted by atomic mass is 10.1. The van der Waals surface area contributed by atoms with Gasteiger partial charge in [-0.3, -0.25) is 10.1 Å². The average Bonchev–Trinajstić information content (AvgIpc) is 2.88. The van der Waals surface area contributed by atoms with Crippen LogP contribution in [0, 0.1) is 10.1 Å². The van der Waals surface area contributed by atoms with Gasteiger partial charge in [-0.25, -0.2) is 4.79 Å². The number of carbonyl (C=O) groups is 1. The van der Waals surface area contributed by atoms with E-state index in [2.05, 4.69) is 0 Å². The van der Waals surface area contributed by atoms with E-state index >= 15 is 0 Å². The molecule has 0 bridgehead atoms. The minimum Gasteiger partial charge on any atom is -0.477 e. The molecule has 1 saturated carbocycles. The van der Waals surface area contributed by atoms with Gasteiger partial charge in [-0.2, -0.15) is 0 Å². The van der Waals surface area contributed by atoms with Crippen LogP contribution in [0.5, 0.6) is 0 Å². The van der Waals surface area contributed by atoms with Crippen molar-refractivity contribution in [2.75, 3.05) is 0 Å². The van der Waals surface area contributed by atoms with Gasteiger partial charge in [0, 0.05) is 6.07 Å². The monoisotopic (exact) mass is 265 g/mol. The molecule has 1 fully saturated rings. The van der Waals surface area contributed by atoms with Crippen LogP contribution in [-0.4, -0.2) is 22.1 Å². The topological polar surface area (TPSA) is 89.7 Å². The predicted molar refractivity (Wildman–Crippen MR) is 67.1 cm³/mol. The summed E-state index contributed by atoms with van der Waals surface area (Å²) >= 11 is 0. The van der Waals surface area contributed by atoms with E-state index in [1.165, 1.54) is 12.1 Å². The maximum absolute atomic E-state index is 11.2. The lowest BCUT2D eigenvalue weighted by Crippen LogP contribution is -2.12. The first kappa shape index (κ1) is 13.5. The third kappa shape index (κ3) is 3.08. The molecule has 19 heavy (non-hydrogen) atoms. The zero-order valence-corrected chi connectivity index (χ0v) is 10.4. The number of nitro groups is 1. The van der Waals surface area contributed by atoms with E-state index < -0.39 is 10.9 Å². The Morgan fingerprint density at radius 1 is 1.42 bits per heavy atom. The number of carboxylic acid groups (broad SMARTS) is 1. The maximum atomic E-state index is 11.2. The van der Waals surface area contributed by atoms with Crippen molar-refractivity contribution >= 4 is 11.7 Å². The van der Waals surface area contributed by atoms with Crippen molar-refractivity contribution in [3.05, 3.63) is 39.4 Å². The zero-order valence-electron chi connectivity index (χ0n) is 10.4. The Kier molecular flexibility index (Phi) is 4.11. The first-order valence-corrected chi connectivity index (χ1v) is 6.20. The molecule has 1 aromatic rings. The normalized spacial score (nSPS) is 15.6. The Hall–Kier alpha value is -1.95. The number of nitro benzene ring substituents is 1. The third-order valence-corrected chi connectivity index (χ3v) is 3.32. The molecular weight excluding hydrogens is 250 g/mol. The first-order valence-electron chi connectivity index (χ1n) is 6.20. The molecule has 0 atom stereocenters. The van der Waals surface area contributed by atoms with E-state index in [0.29, 0.717) is 5.56 Å². The molecule has 1 aliphatic carbocycles. The largest absolute Gasteiger partial charge is 0.477 e. The van der Waals surface area contributed by atoms with Gasteiger partial charge in [-0.05, 0) is 18.4 Å². The molecule has 0 aliphatic heterocycles. The van der Waals surface area contributed by atoms with Crippen LogP contribution in [0.4, 0.5) is 5.69 Å². The highest BCUT2D eigenvalue weighted by Crippen LogP contribution is 2.26. The summed E-state index contributed by atoms with van der Waals surface area (Å²) in [6, 6.07) is 4.24. The molecule has 0 radical (unpaired) electrons. The quantitative estimate of drug-likeness (QED) is 0.653. The van der Waals surface area contributed by atoms with E-state index in [0.717, 1.165) is 25.7 Å². The smallest absolute Gasteiger partial charge is 0.343 e. The van der Waals surface area contributed by atoms with E-state index in [-0.39, 0.29) is 24.0 Å². The van der Waals surface area contributed by atoms with Crippen molar-refractivity contribution in [3.63, 3.8) is 0 Å². The zero-order chi connectivity index (χ0) is 13.8. The summed E-state index contributed by atoms with van der Waals surface area (Å²) in [5.74, 6) is -1.29. The minimum atomic E-state index is -1.29. The van der Waals surface area contributed by atoms with Crippen LogP contribution in [-0.2, 0) is 11.3 Å². The Morgan fingerprint density at radius 2 is 2.11 bits per heavy atom. The fourth-order valence-corrected chi connectivity index (χ4v) is 2.37. The van der Waals surface area contributed by atoms with Crippen molar-refractivity contribution in [3.8, 4) is 0 Å². The van der Waals surface area contributed by atoms with Crippen molar-refractivity contribution < 1.29 is 19.6 Å². The number of carboxylic acids is 1. The number of aromatic carboxylic acids is 1. The Labute approximate surface area is 110 Å². The summed E-state index contributed by atoms with van der Waals surface area (Å²) in [5, 5.41) is 20.0. The number of ether oxygens (including phenoxy) is 1. The summed E-state index contributed by atoms with van der Waals surface area (Å²) in [4.78, 5) is 21.3. The number of hydrogen-bond acceptors (Lipinski definition) is 4. The van der Waals surface area contributed by atoms with Gasteiger partial charge in [-0.15, -0.1) is 0 Å². The standard InChI is InChI=1S/C13H15NO5/c15-13(16)12-9(4-3-7-11(12)14(17)18)8-19-10-5-1-2-6-10/h3-4,7,10H,1-2,5-6,8H2,(H,15,16). The van der Waals surface area contributed by atoms with Crippen LogP contribution >= 0.6 is 0 Å². The van der Waals surface area contributed by atoms with Crippen molar-refractivity contribution in [2.45, 2.75) is 38.4 Å². The van der Waals surface area contributed by atoms with Gasteiger partial charge in [0.05, 0.1) is 17.6 Å². The van der Waals surface area contributed by atoms with Gasteiger partial charge < -0.3 is 9.84 Å². The highest BCUT2D eigenvalue weighted by molar-refractivity contribution is 5.94. The van der Waals surface area contributed by atoms with Crippen molar-refractivity contribution in [2.24, 2.45) is 0 Å². The summed E-state index contributed by atoms with van der Waals surface area (Å²) in [5.41, 5.74) is -0.306. The highest BCUT2D eigenvalue weighted by atomic mass is 16.6. The van der Waals surface area contributed by atoms with Crippen LogP contribution in [0.15, 0.2) is 18.2 Å².